The highest BCUT2D eigenvalue weighted by molar-refractivity contribution is 5.82. The van der Waals surface area contributed by atoms with Crippen molar-refractivity contribution in [2.75, 3.05) is 179 Å². The van der Waals surface area contributed by atoms with Gasteiger partial charge in [0.1, 0.15) is 17.8 Å². The van der Waals surface area contributed by atoms with E-state index in [1.54, 1.807) is 27.9 Å². The molecule has 0 unspecified atom stereocenters. The molecule has 0 aromatic heterocycles. The predicted molar refractivity (Wildman–Crippen MR) is 244 cm³/mol. The first kappa shape index (κ1) is 61.4. The summed E-state index contributed by atoms with van der Waals surface area (Å²) in [6, 6.07) is -1.52. The topological polar surface area (TPSA) is 269 Å². The highest BCUT2D eigenvalue weighted by atomic mass is 16.6. The zero-order valence-corrected chi connectivity index (χ0v) is 41.1. The molecule has 2 saturated heterocycles. The summed E-state index contributed by atoms with van der Waals surface area (Å²) in [7, 11) is 1.64. The van der Waals surface area contributed by atoms with E-state index in [2.05, 4.69) is 16.0 Å². The molecule has 23 heteroatoms. The Hall–Kier alpha value is -2.72. The van der Waals surface area contributed by atoms with E-state index in [-0.39, 0.29) is 75.6 Å². The number of nitrogens with one attached hydrogen (secondary N) is 3. The molecule has 0 aliphatic carbocycles. The number of amides is 3. The summed E-state index contributed by atoms with van der Waals surface area (Å²) in [5.74, 6) is -1.21. The highest BCUT2D eigenvalue weighted by Gasteiger charge is 2.48. The number of rotatable bonds is 46. The SMILES string of the molecule is COCCOCCOCCOCCOCCOCCOCCOCCOCCOCCOCCOCCC(=O)N[C@H]1CO[C@H]2[C@@H]1OC[C@@H]2NC(=O)CCC[C@H](N)C(=O)NCCC(=O)OC(C)(C)C. The Balaban J connectivity index is 1.28. The molecule has 0 spiro atoms. The Bertz CT molecular complexity index is 1280. The van der Waals surface area contributed by atoms with Crippen LogP contribution in [-0.4, -0.2) is 238 Å². The maximum atomic E-state index is 12.6. The van der Waals surface area contributed by atoms with Crippen LogP contribution in [0.4, 0.5) is 0 Å². The fourth-order valence-electron chi connectivity index (χ4n) is 6.34. The zero-order chi connectivity index (χ0) is 49.3. The minimum Gasteiger partial charge on any atom is -0.460 e. The van der Waals surface area contributed by atoms with Gasteiger partial charge in [0.15, 0.2) is 0 Å². The van der Waals surface area contributed by atoms with Crippen molar-refractivity contribution in [2.45, 2.75) is 88.8 Å². The molecule has 2 aliphatic heterocycles. The van der Waals surface area contributed by atoms with Gasteiger partial charge in [-0.25, -0.2) is 0 Å². The number of fused-ring (bicyclic) bond motifs is 1. The van der Waals surface area contributed by atoms with Crippen molar-refractivity contribution in [3.05, 3.63) is 0 Å². The number of hydrogen-bond acceptors (Lipinski definition) is 20. The van der Waals surface area contributed by atoms with Crippen LogP contribution in [0.15, 0.2) is 0 Å². The molecule has 2 aliphatic rings. The number of methoxy groups -OCH3 is 1. The summed E-state index contributed by atoms with van der Waals surface area (Å²) in [6.07, 6.45) is 0.286. The summed E-state index contributed by atoms with van der Waals surface area (Å²) >= 11 is 0. The van der Waals surface area contributed by atoms with Crippen molar-refractivity contribution in [2.24, 2.45) is 5.73 Å². The first-order valence-electron chi connectivity index (χ1n) is 23.9. The number of carbonyl (C=O) groups is 4. The minimum atomic E-state index is -0.808. The Morgan fingerprint density at radius 1 is 0.515 bits per heavy atom. The second-order valence-corrected chi connectivity index (χ2v) is 16.5. The van der Waals surface area contributed by atoms with Crippen molar-refractivity contribution in [3.63, 3.8) is 0 Å². The standard InChI is InChI=1S/C45H84N4O19/c1-45(2,3)68-41(52)8-10-47-44(53)36(46)6-5-7-39(50)48-37-34-66-43-38(35-67-42(37)43)49-40(51)9-11-55-14-15-57-18-19-59-22-23-61-26-27-63-30-31-65-33-32-64-29-28-62-25-24-60-21-20-58-17-16-56-13-12-54-4/h36-38,42-43H,5-35,46H2,1-4H3,(H,47,53)(H,48,50)(H,49,51)/t36-,37-,38-,42+,43+/m0/s1. The van der Waals surface area contributed by atoms with E-state index in [1.165, 1.54) is 0 Å². The number of carbonyl (C=O) groups excluding carboxylic acids is 4. The highest BCUT2D eigenvalue weighted by Crippen LogP contribution is 2.27. The van der Waals surface area contributed by atoms with Gasteiger partial charge in [0.05, 0.1) is 190 Å². The van der Waals surface area contributed by atoms with Crippen LogP contribution in [0.3, 0.4) is 0 Å². The lowest BCUT2D eigenvalue weighted by atomic mass is 10.1. The van der Waals surface area contributed by atoms with Gasteiger partial charge in [0.2, 0.25) is 17.7 Å². The molecular formula is C45H84N4O19. The van der Waals surface area contributed by atoms with Crippen molar-refractivity contribution in [1.82, 2.24) is 16.0 Å². The molecule has 5 atom stereocenters. The molecule has 3 amide bonds. The number of esters is 1. The van der Waals surface area contributed by atoms with Gasteiger partial charge in [-0.05, 0) is 33.6 Å². The van der Waals surface area contributed by atoms with Crippen LogP contribution in [0.25, 0.3) is 0 Å². The monoisotopic (exact) mass is 985 g/mol. The summed E-state index contributed by atoms with van der Waals surface area (Å²) in [5, 5.41) is 8.51. The molecule has 5 N–H and O–H groups in total. The summed E-state index contributed by atoms with van der Waals surface area (Å²) in [4.78, 5) is 49.3. The van der Waals surface area contributed by atoms with Gasteiger partial charge in [-0.2, -0.15) is 0 Å². The molecule has 398 valence electrons. The van der Waals surface area contributed by atoms with Crippen molar-refractivity contribution < 1.29 is 90.2 Å². The maximum Gasteiger partial charge on any atom is 0.308 e. The first-order chi connectivity index (χ1) is 33.0. The van der Waals surface area contributed by atoms with Gasteiger partial charge in [-0.3, -0.25) is 19.2 Å². The third-order valence-corrected chi connectivity index (χ3v) is 9.68. The van der Waals surface area contributed by atoms with E-state index in [0.717, 1.165) is 0 Å². The molecular weight excluding hydrogens is 901 g/mol. The van der Waals surface area contributed by atoms with Crippen LogP contribution in [-0.2, 0) is 90.2 Å². The van der Waals surface area contributed by atoms with E-state index >= 15 is 0 Å². The molecule has 2 rings (SSSR count). The van der Waals surface area contributed by atoms with E-state index in [0.29, 0.717) is 158 Å². The van der Waals surface area contributed by atoms with Crippen LogP contribution < -0.4 is 21.7 Å². The maximum absolute atomic E-state index is 12.6. The molecule has 0 aromatic carbocycles. The molecule has 68 heavy (non-hydrogen) atoms. The second-order valence-electron chi connectivity index (χ2n) is 16.5. The quantitative estimate of drug-likeness (QED) is 0.0435. The fourth-order valence-corrected chi connectivity index (χ4v) is 6.34. The normalized spacial score (nSPS) is 18.4. The Labute approximate surface area is 402 Å². The molecule has 0 bridgehead atoms. The van der Waals surface area contributed by atoms with Crippen LogP contribution in [0, 0.1) is 0 Å². The van der Waals surface area contributed by atoms with E-state index < -0.39 is 29.6 Å². The predicted octanol–water partition coefficient (Wildman–Crippen LogP) is -0.682. The van der Waals surface area contributed by atoms with Gasteiger partial charge in [-0.1, -0.05) is 0 Å². The summed E-state index contributed by atoms with van der Waals surface area (Å²) < 4.78 is 82.1. The van der Waals surface area contributed by atoms with Crippen LogP contribution in [0.2, 0.25) is 0 Å². The van der Waals surface area contributed by atoms with E-state index in [9.17, 15) is 19.2 Å². The fraction of sp³-hybridized carbons (Fsp3) is 0.911. The largest absolute Gasteiger partial charge is 0.460 e. The number of hydrogen-bond donors (Lipinski definition) is 4. The summed E-state index contributed by atoms with van der Waals surface area (Å²) in [5.41, 5.74) is 5.37. The lowest BCUT2D eigenvalue weighted by Crippen LogP contribution is -2.47. The van der Waals surface area contributed by atoms with E-state index in [1.807, 2.05) is 0 Å². The second kappa shape index (κ2) is 41.0. The first-order valence-corrected chi connectivity index (χ1v) is 23.9. The zero-order valence-electron chi connectivity index (χ0n) is 41.1. The lowest BCUT2D eigenvalue weighted by molar-refractivity contribution is -0.154. The number of ether oxygens (including phenoxy) is 15. The Kier molecular flexibility index (Phi) is 37.0. The van der Waals surface area contributed by atoms with Crippen molar-refractivity contribution >= 4 is 23.7 Å². The molecule has 2 fully saturated rings. The van der Waals surface area contributed by atoms with Crippen molar-refractivity contribution in [1.29, 1.82) is 0 Å². The van der Waals surface area contributed by atoms with Gasteiger partial charge in [0, 0.05) is 26.5 Å². The third kappa shape index (κ3) is 33.7. The number of nitrogens with two attached hydrogens (primary N) is 1. The molecule has 0 aromatic rings. The molecule has 0 radical (unpaired) electrons. The summed E-state index contributed by atoms with van der Waals surface area (Å²) in [6.45, 7) is 16.6. The molecule has 2 heterocycles. The average Bonchev–Trinajstić information content (AvgIpc) is 3.89. The Morgan fingerprint density at radius 3 is 1.21 bits per heavy atom. The lowest BCUT2D eigenvalue weighted by Gasteiger charge is -2.19. The van der Waals surface area contributed by atoms with Crippen LogP contribution in [0.5, 0.6) is 0 Å². The minimum absolute atomic E-state index is 0.0401. The molecule has 0 saturated carbocycles. The van der Waals surface area contributed by atoms with Gasteiger partial charge in [0.25, 0.3) is 0 Å². The smallest absolute Gasteiger partial charge is 0.308 e. The van der Waals surface area contributed by atoms with Gasteiger partial charge >= 0.3 is 5.97 Å². The van der Waals surface area contributed by atoms with Crippen LogP contribution >= 0.6 is 0 Å². The van der Waals surface area contributed by atoms with Gasteiger partial charge in [-0.15, -0.1) is 0 Å². The Morgan fingerprint density at radius 2 is 0.853 bits per heavy atom. The third-order valence-electron chi connectivity index (χ3n) is 9.68. The van der Waals surface area contributed by atoms with Crippen LogP contribution in [0.1, 0.15) is 52.9 Å². The average molecular weight is 985 g/mol. The molecule has 23 nitrogen and oxygen atoms in total. The van der Waals surface area contributed by atoms with E-state index in [4.69, 9.17) is 76.8 Å². The van der Waals surface area contributed by atoms with Gasteiger partial charge < -0.3 is 92.7 Å². The van der Waals surface area contributed by atoms with Crippen molar-refractivity contribution in [3.8, 4) is 0 Å².